The maximum atomic E-state index is 11.7. The van der Waals surface area contributed by atoms with Gasteiger partial charge in [-0.15, -0.1) is 0 Å². The number of piperazine rings is 1. The van der Waals surface area contributed by atoms with Crippen molar-refractivity contribution in [2.24, 2.45) is 0 Å². The second-order valence-corrected chi connectivity index (χ2v) is 3.96. The number of anilines is 1. The largest absolute Gasteiger partial charge is 0.384 e. The average molecular weight is 237 g/mol. The van der Waals surface area contributed by atoms with Crippen molar-refractivity contribution in [3.05, 3.63) is 22.7 Å². The summed E-state index contributed by atoms with van der Waals surface area (Å²) in [5, 5.41) is 4.79. The fraction of sp³-hybridized carbons (Fsp3) is 0.500. The first-order valence-electron chi connectivity index (χ1n) is 5.43. The van der Waals surface area contributed by atoms with E-state index in [-0.39, 0.29) is 17.6 Å². The summed E-state index contributed by atoms with van der Waals surface area (Å²) in [4.78, 5) is 26.9. The van der Waals surface area contributed by atoms with Crippen molar-refractivity contribution in [2.45, 2.75) is 13.0 Å². The summed E-state index contributed by atoms with van der Waals surface area (Å²) in [5.41, 5.74) is 5.30. The van der Waals surface area contributed by atoms with Crippen LogP contribution < -0.4 is 21.7 Å². The molecule has 3 N–H and O–H groups in total. The first-order chi connectivity index (χ1) is 8.11. The van der Waals surface area contributed by atoms with Crippen LogP contribution in [0.15, 0.2) is 17.1 Å². The van der Waals surface area contributed by atoms with Gasteiger partial charge in [0, 0.05) is 25.8 Å². The van der Waals surface area contributed by atoms with E-state index in [2.05, 4.69) is 10.3 Å². The van der Waals surface area contributed by atoms with E-state index >= 15 is 0 Å². The minimum atomic E-state index is -0.460. The Morgan fingerprint density at radius 1 is 1.65 bits per heavy atom. The van der Waals surface area contributed by atoms with E-state index in [4.69, 9.17) is 5.73 Å². The monoisotopic (exact) mass is 237 g/mol. The van der Waals surface area contributed by atoms with Gasteiger partial charge >= 0.3 is 5.69 Å². The molecule has 1 aliphatic rings. The summed E-state index contributed by atoms with van der Waals surface area (Å²) in [7, 11) is 0. The first kappa shape index (κ1) is 11.6. The Labute approximate surface area is 98.2 Å². The quantitative estimate of drug-likeness (QED) is 0.638. The average Bonchev–Trinajstić information content (AvgIpc) is 2.29. The molecule has 2 rings (SSSR count). The summed E-state index contributed by atoms with van der Waals surface area (Å²) < 4.78 is 1.27. The first-order valence-corrected chi connectivity index (χ1v) is 5.43. The number of carbonyl (C=O) groups excluding carboxylic acids is 1. The Morgan fingerprint density at radius 3 is 3.06 bits per heavy atom. The molecule has 17 heavy (non-hydrogen) atoms. The summed E-state index contributed by atoms with van der Waals surface area (Å²) in [6.07, 6.45) is 1.36. The molecule has 92 valence electrons. The van der Waals surface area contributed by atoms with E-state index in [1.807, 2.05) is 0 Å². The number of nitrogens with zero attached hydrogens (tertiary/aromatic N) is 3. The smallest absolute Gasteiger partial charge is 0.368 e. The van der Waals surface area contributed by atoms with Gasteiger partial charge in [-0.2, -0.15) is 9.66 Å². The SMILES string of the molecule is CC(=O)C1CNCCN1n1c(N)ccnc1=O. The molecule has 1 aromatic heterocycles. The molecule has 0 aliphatic carbocycles. The van der Waals surface area contributed by atoms with Gasteiger partial charge in [0.2, 0.25) is 0 Å². The van der Waals surface area contributed by atoms with E-state index < -0.39 is 5.69 Å². The fourth-order valence-electron chi connectivity index (χ4n) is 1.96. The Bertz CT molecular complexity index is 484. The lowest BCUT2D eigenvalue weighted by Gasteiger charge is -2.37. The third kappa shape index (κ3) is 2.14. The molecule has 0 aromatic carbocycles. The van der Waals surface area contributed by atoms with Crippen LogP contribution in [0.4, 0.5) is 5.82 Å². The van der Waals surface area contributed by atoms with Gasteiger partial charge in [0.25, 0.3) is 0 Å². The Hall–Kier alpha value is -1.89. The van der Waals surface area contributed by atoms with Crippen LogP contribution in [0.5, 0.6) is 0 Å². The van der Waals surface area contributed by atoms with E-state index in [1.165, 1.54) is 17.8 Å². The zero-order valence-corrected chi connectivity index (χ0v) is 9.59. The second-order valence-electron chi connectivity index (χ2n) is 3.96. The molecule has 1 aliphatic heterocycles. The highest BCUT2D eigenvalue weighted by Crippen LogP contribution is 2.06. The number of Topliss-reactive ketones (excluding diaryl/α,β-unsaturated/α-hetero) is 1. The van der Waals surface area contributed by atoms with Crippen molar-refractivity contribution < 1.29 is 4.79 Å². The maximum Gasteiger partial charge on any atom is 0.368 e. The number of nitrogen functional groups attached to an aromatic ring is 1. The summed E-state index contributed by atoms with van der Waals surface area (Å²) >= 11 is 0. The van der Waals surface area contributed by atoms with E-state index in [9.17, 15) is 9.59 Å². The van der Waals surface area contributed by atoms with E-state index in [0.29, 0.717) is 19.6 Å². The number of nitrogens with two attached hydrogens (primary N) is 1. The van der Waals surface area contributed by atoms with Crippen molar-refractivity contribution in [1.82, 2.24) is 15.0 Å². The van der Waals surface area contributed by atoms with E-state index in [1.54, 1.807) is 11.1 Å². The van der Waals surface area contributed by atoms with Crippen LogP contribution >= 0.6 is 0 Å². The van der Waals surface area contributed by atoms with Gasteiger partial charge in [0.05, 0.1) is 0 Å². The number of carbonyl (C=O) groups is 1. The standard InChI is InChI=1S/C10H15N5O2/c1-7(16)8-6-12-4-5-14(8)15-9(11)2-3-13-10(15)17/h2-3,8,12H,4-6,11H2,1H3. The molecule has 1 atom stereocenters. The van der Waals surface area contributed by atoms with Crippen molar-refractivity contribution in [3.63, 3.8) is 0 Å². The summed E-state index contributed by atoms with van der Waals surface area (Å²) in [5.74, 6) is 0.283. The van der Waals surface area contributed by atoms with Crippen molar-refractivity contribution in [1.29, 1.82) is 0 Å². The number of ketones is 1. The molecule has 7 nitrogen and oxygen atoms in total. The Balaban J connectivity index is 2.43. The molecule has 7 heteroatoms. The second kappa shape index (κ2) is 4.54. The predicted octanol–water partition coefficient (Wildman–Crippen LogP) is -1.68. The lowest BCUT2D eigenvalue weighted by atomic mass is 10.1. The zero-order valence-electron chi connectivity index (χ0n) is 9.59. The Kier molecular flexibility index (Phi) is 3.10. The molecule has 0 amide bonds. The number of hydrogen-bond acceptors (Lipinski definition) is 6. The third-order valence-corrected chi connectivity index (χ3v) is 2.80. The van der Waals surface area contributed by atoms with Gasteiger partial charge in [-0.3, -0.25) is 9.80 Å². The zero-order chi connectivity index (χ0) is 12.4. The lowest BCUT2D eigenvalue weighted by molar-refractivity contribution is -0.118. The highest BCUT2D eigenvalue weighted by atomic mass is 16.2. The van der Waals surface area contributed by atoms with Crippen LogP contribution in [-0.2, 0) is 4.79 Å². The van der Waals surface area contributed by atoms with Crippen LogP contribution in [0.2, 0.25) is 0 Å². The van der Waals surface area contributed by atoms with Gasteiger partial charge in [0.15, 0.2) is 5.78 Å². The molecule has 2 heterocycles. The molecule has 1 saturated heterocycles. The molecule has 0 saturated carbocycles. The van der Waals surface area contributed by atoms with Crippen LogP contribution in [0, 0.1) is 0 Å². The predicted molar refractivity (Wildman–Crippen MR) is 63.3 cm³/mol. The normalized spacial score (nSPS) is 20.3. The number of rotatable bonds is 2. The van der Waals surface area contributed by atoms with Crippen molar-refractivity contribution >= 4 is 11.6 Å². The fourth-order valence-corrected chi connectivity index (χ4v) is 1.96. The van der Waals surface area contributed by atoms with Gasteiger partial charge in [-0.25, -0.2) is 4.79 Å². The van der Waals surface area contributed by atoms with Crippen LogP contribution in [-0.4, -0.2) is 41.1 Å². The molecule has 0 spiro atoms. The molecular weight excluding hydrogens is 222 g/mol. The topological polar surface area (TPSA) is 93.2 Å². The van der Waals surface area contributed by atoms with Gasteiger partial charge in [0.1, 0.15) is 11.9 Å². The van der Waals surface area contributed by atoms with Crippen molar-refractivity contribution in [3.8, 4) is 0 Å². The van der Waals surface area contributed by atoms with Crippen LogP contribution in [0.1, 0.15) is 6.92 Å². The molecular formula is C10H15N5O2. The molecule has 0 bridgehead atoms. The lowest BCUT2D eigenvalue weighted by Crippen LogP contribution is -2.61. The van der Waals surface area contributed by atoms with Gasteiger partial charge in [-0.1, -0.05) is 0 Å². The summed E-state index contributed by atoms with van der Waals surface area (Å²) in [6.45, 7) is 3.25. The highest BCUT2D eigenvalue weighted by molar-refractivity contribution is 5.83. The third-order valence-electron chi connectivity index (χ3n) is 2.80. The van der Waals surface area contributed by atoms with Crippen LogP contribution in [0.25, 0.3) is 0 Å². The van der Waals surface area contributed by atoms with Gasteiger partial charge in [-0.05, 0) is 13.0 Å². The van der Waals surface area contributed by atoms with Gasteiger partial charge < -0.3 is 11.1 Å². The highest BCUT2D eigenvalue weighted by Gasteiger charge is 2.27. The minimum absolute atomic E-state index is 0.00708. The minimum Gasteiger partial charge on any atom is -0.384 e. The number of hydrogen-bond donors (Lipinski definition) is 2. The molecule has 1 fully saturated rings. The summed E-state index contributed by atoms with van der Waals surface area (Å²) in [6, 6.07) is 1.16. The number of nitrogens with one attached hydrogen (secondary N) is 1. The molecule has 1 unspecified atom stereocenters. The van der Waals surface area contributed by atoms with Crippen LogP contribution in [0.3, 0.4) is 0 Å². The van der Waals surface area contributed by atoms with Crippen molar-refractivity contribution in [2.75, 3.05) is 30.4 Å². The van der Waals surface area contributed by atoms with E-state index in [0.717, 1.165) is 0 Å². The molecule has 1 aromatic rings. The number of aromatic nitrogens is 2. The molecule has 0 radical (unpaired) electrons. The maximum absolute atomic E-state index is 11.7. The Morgan fingerprint density at radius 2 is 2.41 bits per heavy atom.